The average Bonchev–Trinajstić information content (AvgIpc) is 3.40. The van der Waals surface area contributed by atoms with Gasteiger partial charge >= 0.3 is 0 Å². The van der Waals surface area contributed by atoms with Crippen molar-refractivity contribution in [3.8, 4) is 16.5 Å². The largest absolute Gasteiger partial charge is 0.497 e. The number of rotatable bonds is 6. The summed E-state index contributed by atoms with van der Waals surface area (Å²) in [5, 5.41) is 11.5. The quantitative estimate of drug-likeness (QED) is 0.568. The summed E-state index contributed by atoms with van der Waals surface area (Å²) in [5.74, 6) is 2.13. The highest BCUT2D eigenvalue weighted by Crippen LogP contribution is 2.32. The molecule has 2 aromatic heterocycles. The number of thioether (sulfide) groups is 1. The number of hydrogen-bond donors (Lipinski definition) is 0. The van der Waals surface area contributed by atoms with Crippen LogP contribution in [0.15, 0.2) is 40.9 Å². The van der Waals surface area contributed by atoms with E-state index in [1.54, 1.807) is 18.4 Å². The normalized spacial score (nSPS) is 13.4. The number of thiophene rings is 1. The van der Waals surface area contributed by atoms with E-state index < -0.39 is 0 Å². The van der Waals surface area contributed by atoms with Crippen LogP contribution in [0.3, 0.4) is 0 Å². The molecule has 3 heterocycles. The maximum absolute atomic E-state index is 12.9. The van der Waals surface area contributed by atoms with E-state index in [9.17, 15) is 4.79 Å². The SMILES string of the molecule is CCn1c(SCC(=O)N2CCCc3cc(OC)ccc32)nnc1-c1cccs1. The number of methoxy groups -OCH3 is 1. The molecule has 1 aromatic carbocycles. The Bertz CT molecular complexity index is 969. The first-order valence-corrected chi connectivity index (χ1v) is 11.1. The van der Waals surface area contributed by atoms with E-state index in [4.69, 9.17) is 4.74 Å². The van der Waals surface area contributed by atoms with Crippen molar-refractivity contribution in [1.82, 2.24) is 14.8 Å². The van der Waals surface area contributed by atoms with Crippen molar-refractivity contribution in [1.29, 1.82) is 0 Å². The maximum Gasteiger partial charge on any atom is 0.237 e. The molecule has 28 heavy (non-hydrogen) atoms. The molecule has 0 atom stereocenters. The van der Waals surface area contributed by atoms with Gasteiger partial charge in [0.25, 0.3) is 0 Å². The third kappa shape index (κ3) is 3.66. The van der Waals surface area contributed by atoms with E-state index >= 15 is 0 Å². The fraction of sp³-hybridized carbons (Fsp3) is 0.350. The topological polar surface area (TPSA) is 60.2 Å². The van der Waals surface area contributed by atoms with Crippen molar-refractivity contribution in [2.24, 2.45) is 0 Å². The van der Waals surface area contributed by atoms with E-state index in [0.717, 1.165) is 53.2 Å². The lowest BCUT2D eigenvalue weighted by atomic mass is 10.0. The number of aromatic nitrogens is 3. The van der Waals surface area contributed by atoms with Crippen molar-refractivity contribution < 1.29 is 9.53 Å². The zero-order valence-electron chi connectivity index (χ0n) is 15.9. The summed E-state index contributed by atoms with van der Waals surface area (Å²) >= 11 is 3.10. The lowest BCUT2D eigenvalue weighted by Gasteiger charge is -2.29. The molecule has 0 N–H and O–H groups in total. The Morgan fingerprint density at radius 3 is 2.96 bits per heavy atom. The van der Waals surface area contributed by atoms with Gasteiger partial charge in [0.1, 0.15) is 5.75 Å². The lowest BCUT2D eigenvalue weighted by Crippen LogP contribution is -2.36. The molecule has 0 aliphatic carbocycles. The second-order valence-corrected chi connectivity index (χ2v) is 8.35. The highest BCUT2D eigenvalue weighted by molar-refractivity contribution is 7.99. The molecular weight excluding hydrogens is 392 g/mol. The minimum atomic E-state index is 0.0967. The van der Waals surface area contributed by atoms with E-state index in [-0.39, 0.29) is 5.91 Å². The van der Waals surface area contributed by atoms with Crippen LogP contribution in [-0.4, -0.2) is 40.1 Å². The first-order valence-electron chi connectivity index (χ1n) is 9.28. The van der Waals surface area contributed by atoms with Crippen molar-refractivity contribution in [2.45, 2.75) is 31.5 Å². The highest BCUT2D eigenvalue weighted by atomic mass is 32.2. The van der Waals surface area contributed by atoms with Gasteiger partial charge in [-0.05, 0) is 55.0 Å². The standard InChI is InChI=1S/C20H22N4O2S2/c1-3-23-19(17-7-5-11-27-17)21-22-20(23)28-13-18(25)24-10-4-6-14-12-15(26-2)8-9-16(14)24/h5,7-9,11-12H,3-4,6,10,13H2,1-2H3. The van der Waals surface area contributed by atoms with E-state index in [1.165, 1.54) is 17.3 Å². The zero-order valence-corrected chi connectivity index (χ0v) is 17.6. The van der Waals surface area contributed by atoms with Crippen LogP contribution in [-0.2, 0) is 17.8 Å². The Hall–Kier alpha value is -2.32. The fourth-order valence-electron chi connectivity index (χ4n) is 3.43. The third-order valence-electron chi connectivity index (χ3n) is 4.81. The van der Waals surface area contributed by atoms with E-state index in [0.29, 0.717) is 5.75 Å². The van der Waals surface area contributed by atoms with Crippen LogP contribution in [0.25, 0.3) is 10.7 Å². The molecule has 0 radical (unpaired) electrons. The molecule has 8 heteroatoms. The Labute approximate surface area is 172 Å². The number of ether oxygens (including phenoxy) is 1. The fourth-order valence-corrected chi connectivity index (χ4v) is 5.03. The molecule has 3 aromatic rings. The monoisotopic (exact) mass is 414 g/mol. The van der Waals surface area contributed by atoms with Crippen LogP contribution < -0.4 is 9.64 Å². The van der Waals surface area contributed by atoms with Crippen LogP contribution in [0.4, 0.5) is 5.69 Å². The van der Waals surface area contributed by atoms with Crippen molar-refractivity contribution in [3.63, 3.8) is 0 Å². The number of carbonyl (C=O) groups excluding carboxylic acids is 1. The van der Waals surface area contributed by atoms with Gasteiger partial charge in [0.2, 0.25) is 5.91 Å². The lowest BCUT2D eigenvalue weighted by molar-refractivity contribution is -0.116. The summed E-state index contributed by atoms with van der Waals surface area (Å²) in [7, 11) is 1.67. The van der Waals surface area contributed by atoms with Gasteiger partial charge in [-0.1, -0.05) is 17.8 Å². The number of amides is 1. The smallest absolute Gasteiger partial charge is 0.237 e. The van der Waals surface area contributed by atoms with Gasteiger partial charge < -0.3 is 14.2 Å². The summed E-state index contributed by atoms with van der Waals surface area (Å²) in [5.41, 5.74) is 2.16. The van der Waals surface area contributed by atoms with Gasteiger partial charge in [-0.2, -0.15) is 0 Å². The predicted octanol–water partition coefficient (Wildman–Crippen LogP) is 4.11. The summed E-state index contributed by atoms with van der Waals surface area (Å²) in [6.45, 7) is 3.59. The van der Waals surface area contributed by atoms with Gasteiger partial charge in [0, 0.05) is 18.8 Å². The third-order valence-corrected chi connectivity index (χ3v) is 6.62. The number of nitrogens with zero attached hydrogens (tertiary/aromatic N) is 4. The van der Waals surface area contributed by atoms with Gasteiger partial charge in [-0.25, -0.2) is 0 Å². The molecule has 0 spiro atoms. The number of hydrogen-bond acceptors (Lipinski definition) is 6. The molecule has 1 aliphatic heterocycles. The number of benzene rings is 1. The Morgan fingerprint density at radius 1 is 1.32 bits per heavy atom. The number of anilines is 1. The predicted molar refractivity (Wildman–Crippen MR) is 113 cm³/mol. The second-order valence-electron chi connectivity index (χ2n) is 6.46. The molecular formula is C20H22N4O2S2. The van der Waals surface area contributed by atoms with Crippen molar-refractivity contribution >= 4 is 34.7 Å². The molecule has 1 amide bonds. The number of fused-ring (bicyclic) bond motifs is 1. The molecule has 4 rings (SSSR count). The number of carbonyl (C=O) groups is 1. The van der Waals surface area contributed by atoms with Crippen molar-refractivity contribution in [3.05, 3.63) is 41.3 Å². The van der Waals surface area contributed by atoms with Crippen LogP contribution in [0.5, 0.6) is 5.75 Å². The summed E-state index contributed by atoms with van der Waals surface area (Å²) < 4.78 is 7.38. The van der Waals surface area contributed by atoms with Crippen LogP contribution >= 0.6 is 23.1 Å². The molecule has 0 saturated heterocycles. The minimum Gasteiger partial charge on any atom is -0.497 e. The molecule has 0 unspecified atom stereocenters. The van der Waals surface area contributed by atoms with E-state index in [1.807, 2.05) is 40.6 Å². The minimum absolute atomic E-state index is 0.0967. The first-order chi connectivity index (χ1) is 13.7. The van der Waals surface area contributed by atoms with Gasteiger partial charge in [-0.3, -0.25) is 4.79 Å². The average molecular weight is 415 g/mol. The molecule has 0 bridgehead atoms. The van der Waals surface area contributed by atoms with Crippen LogP contribution in [0.1, 0.15) is 18.9 Å². The molecule has 146 valence electrons. The Balaban J connectivity index is 1.49. The Kier molecular flexibility index (Phi) is 5.68. The summed E-state index contributed by atoms with van der Waals surface area (Å²) in [4.78, 5) is 15.9. The first kappa shape index (κ1) is 19.0. The second kappa shape index (κ2) is 8.36. The summed E-state index contributed by atoms with van der Waals surface area (Å²) in [6.07, 6.45) is 1.93. The van der Waals surface area contributed by atoms with Crippen LogP contribution in [0.2, 0.25) is 0 Å². The number of aryl methyl sites for hydroxylation is 1. The molecule has 0 saturated carbocycles. The highest BCUT2D eigenvalue weighted by Gasteiger charge is 2.24. The maximum atomic E-state index is 12.9. The van der Waals surface area contributed by atoms with Crippen LogP contribution in [0, 0.1) is 0 Å². The molecule has 1 aliphatic rings. The van der Waals surface area contributed by atoms with Crippen molar-refractivity contribution in [2.75, 3.05) is 24.3 Å². The van der Waals surface area contributed by atoms with Gasteiger partial charge in [0.05, 0.1) is 17.7 Å². The summed E-state index contributed by atoms with van der Waals surface area (Å²) in [6, 6.07) is 9.98. The van der Waals surface area contributed by atoms with E-state index in [2.05, 4.69) is 21.7 Å². The van der Waals surface area contributed by atoms with Gasteiger partial charge in [-0.15, -0.1) is 21.5 Å². The van der Waals surface area contributed by atoms with Gasteiger partial charge in [0.15, 0.2) is 11.0 Å². The molecule has 0 fully saturated rings. The zero-order chi connectivity index (χ0) is 19.5. The molecule has 6 nitrogen and oxygen atoms in total. The Morgan fingerprint density at radius 2 is 2.21 bits per heavy atom.